The summed E-state index contributed by atoms with van der Waals surface area (Å²) in [5, 5.41) is 6.36. The Morgan fingerprint density at radius 1 is 1.21 bits per heavy atom. The Labute approximate surface area is 92.1 Å². The Balaban J connectivity index is 2.31. The molecular formula is C10H12BrN3. The van der Waals surface area contributed by atoms with Crippen molar-refractivity contribution in [2.45, 2.75) is 0 Å². The van der Waals surface area contributed by atoms with Crippen LogP contribution in [0.5, 0.6) is 0 Å². The van der Waals surface area contributed by atoms with E-state index in [1.807, 2.05) is 31.2 Å². The Morgan fingerprint density at radius 2 is 1.86 bits per heavy atom. The molecule has 0 radical (unpaired) electrons. The number of rotatable bonds is 1. The lowest BCUT2D eigenvalue weighted by molar-refractivity contribution is 0.303. The molecule has 4 heteroatoms. The standard InChI is InChI=1S/C10H12BrN3/c1-13-7-14(2)12-10(13)8-3-5-9(11)6-4-8/h3-6H,7H2,1-2H3. The third-order valence-corrected chi connectivity index (χ3v) is 2.67. The highest BCUT2D eigenvalue weighted by atomic mass is 79.9. The highest BCUT2D eigenvalue weighted by molar-refractivity contribution is 9.10. The van der Waals surface area contributed by atoms with E-state index in [1.54, 1.807) is 0 Å². The first-order valence-corrected chi connectivity index (χ1v) is 5.23. The van der Waals surface area contributed by atoms with Crippen LogP contribution in [-0.2, 0) is 0 Å². The first kappa shape index (κ1) is 9.52. The summed E-state index contributed by atoms with van der Waals surface area (Å²) in [6.45, 7) is 0.853. The van der Waals surface area contributed by atoms with Gasteiger partial charge in [0.2, 0.25) is 0 Å². The van der Waals surface area contributed by atoms with E-state index in [2.05, 4.69) is 38.1 Å². The van der Waals surface area contributed by atoms with Gasteiger partial charge < -0.3 is 4.90 Å². The minimum atomic E-state index is 0.853. The molecule has 0 fully saturated rings. The number of hydrazone groups is 1. The van der Waals surface area contributed by atoms with Gasteiger partial charge in [-0.15, -0.1) is 0 Å². The maximum Gasteiger partial charge on any atom is 0.157 e. The topological polar surface area (TPSA) is 18.8 Å². The molecule has 1 aromatic carbocycles. The van der Waals surface area contributed by atoms with Crippen molar-refractivity contribution in [3.05, 3.63) is 34.3 Å². The average Bonchev–Trinajstić information content (AvgIpc) is 2.47. The van der Waals surface area contributed by atoms with Gasteiger partial charge in [-0.3, -0.25) is 5.01 Å². The van der Waals surface area contributed by atoms with Crippen LogP contribution in [0.15, 0.2) is 33.8 Å². The summed E-state index contributed by atoms with van der Waals surface area (Å²) in [7, 11) is 4.02. The third kappa shape index (κ3) is 1.75. The van der Waals surface area contributed by atoms with Crippen LogP contribution in [0.4, 0.5) is 0 Å². The zero-order valence-electron chi connectivity index (χ0n) is 8.24. The van der Waals surface area contributed by atoms with Gasteiger partial charge in [-0.1, -0.05) is 28.1 Å². The molecule has 0 N–H and O–H groups in total. The third-order valence-electron chi connectivity index (χ3n) is 2.15. The van der Waals surface area contributed by atoms with Crippen molar-refractivity contribution in [1.82, 2.24) is 9.91 Å². The van der Waals surface area contributed by atoms with E-state index in [1.165, 1.54) is 0 Å². The van der Waals surface area contributed by atoms with Crippen LogP contribution in [0.2, 0.25) is 0 Å². The van der Waals surface area contributed by atoms with Crippen LogP contribution in [0, 0.1) is 0 Å². The van der Waals surface area contributed by atoms with Crippen molar-refractivity contribution in [2.24, 2.45) is 5.10 Å². The van der Waals surface area contributed by atoms with Crippen LogP contribution in [0.1, 0.15) is 5.56 Å². The van der Waals surface area contributed by atoms with Crippen molar-refractivity contribution >= 4 is 21.8 Å². The zero-order valence-corrected chi connectivity index (χ0v) is 9.82. The molecule has 0 saturated heterocycles. The average molecular weight is 254 g/mol. The van der Waals surface area contributed by atoms with Gasteiger partial charge in [-0.25, -0.2) is 0 Å². The molecule has 74 valence electrons. The van der Waals surface area contributed by atoms with Crippen molar-refractivity contribution in [3.8, 4) is 0 Å². The fourth-order valence-electron chi connectivity index (χ4n) is 1.52. The van der Waals surface area contributed by atoms with Gasteiger partial charge in [0, 0.05) is 24.1 Å². The van der Waals surface area contributed by atoms with E-state index in [-0.39, 0.29) is 0 Å². The second-order valence-electron chi connectivity index (χ2n) is 3.43. The van der Waals surface area contributed by atoms with Crippen LogP contribution in [0.3, 0.4) is 0 Å². The summed E-state index contributed by atoms with van der Waals surface area (Å²) >= 11 is 3.42. The summed E-state index contributed by atoms with van der Waals surface area (Å²) in [6.07, 6.45) is 0. The Bertz CT molecular complexity index is 358. The molecule has 0 unspecified atom stereocenters. The Morgan fingerprint density at radius 3 is 2.36 bits per heavy atom. The zero-order chi connectivity index (χ0) is 10.1. The molecule has 0 saturated carbocycles. The maximum absolute atomic E-state index is 4.43. The summed E-state index contributed by atoms with van der Waals surface area (Å²) in [5.41, 5.74) is 1.15. The van der Waals surface area contributed by atoms with Gasteiger partial charge in [-0.2, -0.15) is 5.10 Å². The number of amidine groups is 1. The molecule has 1 aromatic rings. The quantitative estimate of drug-likeness (QED) is 0.762. The highest BCUT2D eigenvalue weighted by Gasteiger charge is 2.17. The monoisotopic (exact) mass is 253 g/mol. The smallest absolute Gasteiger partial charge is 0.157 e. The number of halogens is 1. The van der Waals surface area contributed by atoms with Gasteiger partial charge >= 0.3 is 0 Å². The van der Waals surface area contributed by atoms with E-state index >= 15 is 0 Å². The van der Waals surface area contributed by atoms with Gasteiger partial charge in [-0.05, 0) is 12.1 Å². The predicted octanol–water partition coefficient (Wildman–Crippen LogP) is 1.95. The minimum absolute atomic E-state index is 0.853. The minimum Gasteiger partial charge on any atom is -0.339 e. The van der Waals surface area contributed by atoms with E-state index < -0.39 is 0 Å². The maximum atomic E-state index is 4.43. The van der Waals surface area contributed by atoms with Gasteiger partial charge in [0.15, 0.2) is 5.84 Å². The molecule has 0 bridgehead atoms. The van der Waals surface area contributed by atoms with E-state index in [4.69, 9.17) is 0 Å². The fourth-order valence-corrected chi connectivity index (χ4v) is 1.79. The van der Waals surface area contributed by atoms with E-state index in [9.17, 15) is 0 Å². The molecule has 1 aliphatic heterocycles. The first-order chi connectivity index (χ1) is 6.66. The van der Waals surface area contributed by atoms with Gasteiger partial charge in [0.05, 0.1) is 0 Å². The summed E-state index contributed by atoms with van der Waals surface area (Å²) in [4.78, 5) is 2.13. The summed E-state index contributed by atoms with van der Waals surface area (Å²) < 4.78 is 1.09. The molecule has 3 nitrogen and oxygen atoms in total. The van der Waals surface area contributed by atoms with Crippen LogP contribution in [-0.4, -0.2) is 36.5 Å². The van der Waals surface area contributed by atoms with Crippen molar-refractivity contribution in [1.29, 1.82) is 0 Å². The molecule has 14 heavy (non-hydrogen) atoms. The fraction of sp³-hybridized carbons (Fsp3) is 0.300. The van der Waals surface area contributed by atoms with Crippen LogP contribution >= 0.6 is 15.9 Å². The number of benzene rings is 1. The van der Waals surface area contributed by atoms with Crippen molar-refractivity contribution in [3.63, 3.8) is 0 Å². The lowest BCUT2D eigenvalue weighted by atomic mass is 10.2. The molecule has 1 heterocycles. The Kier molecular flexibility index (Phi) is 2.46. The SMILES string of the molecule is CN1CN(C)C(c2ccc(Br)cc2)=N1. The first-order valence-electron chi connectivity index (χ1n) is 4.43. The van der Waals surface area contributed by atoms with Gasteiger partial charge in [0.1, 0.15) is 6.67 Å². The van der Waals surface area contributed by atoms with Gasteiger partial charge in [0.25, 0.3) is 0 Å². The second kappa shape index (κ2) is 3.61. The molecule has 0 spiro atoms. The number of nitrogens with zero attached hydrogens (tertiary/aromatic N) is 3. The molecule has 0 aliphatic carbocycles. The summed E-state index contributed by atoms with van der Waals surface area (Å²) in [6, 6.07) is 8.20. The summed E-state index contributed by atoms with van der Waals surface area (Å²) in [5.74, 6) is 1.03. The van der Waals surface area contributed by atoms with Crippen LogP contribution < -0.4 is 0 Å². The lowest BCUT2D eigenvalue weighted by Crippen LogP contribution is -2.25. The number of hydrogen-bond donors (Lipinski definition) is 0. The molecule has 0 atom stereocenters. The van der Waals surface area contributed by atoms with Crippen molar-refractivity contribution < 1.29 is 0 Å². The second-order valence-corrected chi connectivity index (χ2v) is 4.34. The highest BCUT2D eigenvalue weighted by Crippen LogP contribution is 2.15. The normalized spacial score (nSPS) is 16.1. The van der Waals surface area contributed by atoms with E-state index in [0.717, 1.165) is 22.5 Å². The Hall–Kier alpha value is -1.03. The van der Waals surface area contributed by atoms with Crippen LogP contribution in [0.25, 0.3) is 0 Å². The largest absolute Gasteiger partial charge is 0.339 e. The predicted molar refractivity (Wildman–Crippen MR) is 61.1 cm³/mol. The molecule has 0 aromatic heterocycles. The molecule has 0 amide bonds. The molecule has 2 rings (SSSR count). The molecular weight excluding hydrogens is 242 g/mol. The molecule has 1 aliphatic rings. The lowest BCUT2D eigenvalue weighted by Gasteiger charge is -2.13. The van der Waals surface area contributed by atoms with E-state index in [0.29, 0.717) is 0 Å². The number of hydrogen-bond acceptors (Lipinski definition) is 3. The van der Waals surface area contributed by atoms with Crippen molar-refractivity contribution in [2.75, 3.05) is 20.8 Å².